The standard InChI is InChI=1S/C29H39FN4O2/c1-28(2,3)25(31-17-23(30)18-32-27(35)36-29(4,5)6)26-33-24(22-15-11-8-12-16-22)20-34(26)19-21-13-9-7-10-14-21/h7-16,20,23,25,31H,17-19H2,1-6H3,(H,32,35)/t23-,25-/m0/s1. The maximum Gasteiger partial charge on any atom is 0.407 e. The van der Waals surface area contributed by atoms with E-state index < -0.39 is 17.9 Å². The lowest BCUT2D eigenvalue weighted by atomic mass is 9.86. The zero-order valence-electron chi connectivity index (χ0n) is 22.2. The molecule has 3 aromatic rings. The summed E-state index contributed by atoms with van der Waals surface area (Å²) in [5, 5.41) is 5.90. The van der Waals surface area contributed by atoms with E-state index in [1.807, 2.05) is 48.5 Å². The van der Waals surface area contributed by atoms with Crippen LogP contribution in [0.25, 0.3) is 11.3 Å². The SMILES string of the molecule is CC(C)(C)OC(=O)NC[C@@H](F)CN[C@@H](c1nc(-c2ccccc2)cn1Cc1ccccc1)C(C)(C)C. The first-order valence-electron chi connectivity index (χ1n) is 12.4. The Morgan fingerprint density at radius 2 is 1.58 bits per heavy atom. The zero-order valence-corrected chi connectivity index (χ0v) is 22.2. The highest BCUT2D eigenvalue weighted by atomic mass is 19.1. The molecule has 3 rings (SSSR count). The summed E-state index contributed by atoms with van der Waals surface area (Å²) in [5.74, 6) is 0.845. The summed E-state index contributed by atoms with van der Waals surface area (Å²) in [7, 11) is 0. The number of nitrogens with zero attached hydrogens (tertiary/aromatic N) is 2. The lowest BCUT2D eigenvalue weighted by Crippen LogP contribution is -2.42. The molecular formula is C29H39FN4O2. The van der Waals surface area contributed by atoms with Crippen molar-refractivity contribution in [2.24, 2.45) is 5.41 Å². The summed E-state index contributed by atoms with van der Waals surface area (Å²) in [4.78, 5) is 16.9. The third-order valence-electron chi connectivity index (χ3n) is 5.61. The first-order chi connectivity index (χ1) is 16.9. The predicted octanol–water partition coefficient (Wildman–Crippen LogP) is 6.14. The highest BCUT2D eigenvalue weighted by Gasteiger charge is 2.31. The third kappa shape index (κ3) is 8.19. The van der Waals surface area contributed by atoms with Gasteiger partial charge in [-0.1, -0.05) is 81.4 Å². The van der Waals surface area contributed by atoms with Crippen molar-refractivity contribution in [1.29, 1.82) is 0 Å². The van der Waals surface area contributed by atoms with Crippen molar-refractivity contribution in [2.45, 2.75) is 65.9 Å². The molecule has 1 amide bonds. The number of ether oxygens (including phenoxy) is 1. The number of rotatable bonds is 9. The molecule has 36 heavy (non-hydrogen) atoms. The quantitative estimate of drug-likeness (QED) is 0.375. The second-order valence-corrected chi connectivity index (χ2v) is 11.2. The van der Waals surface area contributed by atoms with E-state index in [4.69, 9.17) is 9.72 Å². The van der Waals surface area contributed by atoms with Crippen molar-refractivity contribution >= 4 is 6.09 Å². The van der Waals surface area contributed by atoms with E-state index in [0.717, 1.165) is 22.6 Å². The maximum absolute atomic E-state index is 14.8. The van der Waals surface area contributed by atoms with Gasteiger partial charge in [-0.25, -0.2) is 14.2 Å². The van der Waals surface area contributed by atoms with Crippen LogP contribution in [0.4, 0.5) is 9.18 Å². The number of nitrogens with one attached hydrogen (secondary N) is 2. The van der Waals surface area contributed by atoms with Gasteiger partial charge in [0.2, 0.25) is 0 Å². The fourth-order valence-corrected chi connectivity index (χ4v) is 3.93. The largest absolute Gasteiger partial charge is 0.444 e. The molecule has 2 aromatic carbocycles. The molecule has 0 spiro atoms. The second-order valence-electron chi connectivity index (χ2n) is 11.2. The van der Waals surface area contributed by atoms with Crippen LogP contribution in [0.5, 0.6) is 0 Å². The number of aromatic nitrogens is 2. The lowest BCUT2D eigenvalue weighted by molar-refractivity contribution is 0.0512. The van der Waals surface area contributed by atoms with Gasteiger partial charge in [0.15, 0.2) is 0 Å². The smallest absolute Gasteiger partial charge is 0.407 e. The molecule has 0 aliphatic carbocycles. The van der Waals surface area contributed by atoms with Crippen LogP contribution >= 0.6 is 0 Å². The minimum absolute atomic E-state index is 0.0661. The Morgan fingerprint density at radius 1 is 0.972 bits per heavy atom. The van der Waals surface area contributed by atoms with Crippen molar-refractivity contribution in [2.75, 3.05) is 13.1 Å². The van der Waals surface area contributed by atoms with Crippen molar-refractivity contribution < 1.29 is 13.9 Å². The number of hydrogen-bond acceptors (Lipinski definition) is 4. The van der Waals surface area contributed by atoms with Gasteiger partial charge in [0, 0.05) is 24.8 Å². The number of benzene rings is 2. The van der Waals surface area contributed by atoms with Crippen LogP contribution in [-0.2, 0) is 11.3 Å². The van der Waals surface area contributed by atoms with Crippen molar-refractivity contribution in [3.63, 3.8) is 0 Å². The summed E-state index contributed by atoms with van der Waals surface area (Å²) in [5.41, 5.74) is 2.20. The van der Waals surface area contributed by atoms with Gasteiger partial charge in [0.25, 0.3) is 0 Å². The summed E-state index contributed by atoms with van der Waals surface area (Å²) in [6.07, 6.45) is 0.159. The molecule has 0 aliphatic rings. The molecule has 0 saturated heterocycles. The molecule has 2 N–H and O–H groups in total. The van der Waals surface area contributed by atoms with E-state index in [2.05, 4.69) is 54.3 Å². The topological polar surface area (TPSA) is 68.2 Å². The average Bonchev–Trinajstić information content (AvgIpc) is 3.20. The number of alkyl carbamates (subject to hydrolysis) is 1. The molecule has 194 valence electrons. The van der Waals surface area contributed by atoms with E-state index in [9.17, 15) is 9.18 Å². The van der Waals surface area contributed by atoms with Gasteiger partial charge in [-0.05, 0) is 31.7 Å². The molecule has 0 bridgehead atoms. The van der Waals surface area contributed by atoms with E-state index in [1.54, 1.807) is 20.8 Å². The number of carbonyl (C=O) groups is 1. The number of halogens is 1. The average molecular weight is 495 g/mol. The maximum atomic E-state index is 14.8. The van der Waals surface area contributed by atoms with Gasteiger partial charge in [0.1, 0.15) is 17.6 Å². The molecule has 1 aromatic heterocycles. The fourth-order valence-electron chi connectivity index (χ4n) is 3.93. The molecule has 0 saturated carbocycles. The van der Waals surface area contributed by atoms with Crippen LogP contribution in [0.1, 0.15) is 59.0 Å². The van der Waals surface area contributed by atoms with Crippen LogP contribution in [0.2, 0.25) is 0 Å². The Bertz CT molecular complexity index is 1100. The molecule has 1 heterocycles. The number of carbonyl (C=O) groups excluding carboxylic acids is 1. The molecule has 7 heteroatoms. The van der Waals surface area contributed by atoms with Gasteiger partial charge in [-0.15, -0.1) is 0 Å². The molecular weight excluding hydrogens is 455 g/mol. The van der Waals surface area contributed by atoms with Crippen molar-refractivity contribution in [3.8, 4) is 11.3 Å². The first-order valence-corrected chi connectivity index (χ1v) is 12.4. The van der Waals surface area contributed by atoms with E-state index in [-0.39, 0.29) is 24.5 Å². The Balaban J connectivity index is 1.81. The Kier molecular flexibility index (Phi) is 8.90. The van der Waals surface area contributed by atoms with Gasteiger partial charge in [-0.3, -0.25) is 0 Å². The van der Waals surface area contributed by atoms with Crippen LogP contribution < -0.4 is 10.6 Å². The van der Waals surface area contributed by atoms with Gasteiger partial charge < -0.3 is 19.9 Å². The van der Waals surface area contributed by atoms with E-state index in [0.29, 0.717) is 6.54 Å². The molecule has 2 atom stereocenters. The minimum atomic E-state index is -1.28. The van der Waals surface area contributed by atoms with Crippen LogP contribution in [-0.4, -0.2) is 40.5 Å². The Labute approximate surface area is 214 Å². The Hall–Kier alpha value is -3.19. The summed E-state index contributed by atoms with van der Waals surface area (Å²) in [6, 6.07) is 20.1. The van der Waals surface area contributed by atoms with Crippen LogP contribution in [0.15, 0.2) is 66.9 Å². The van der Waals surface area contributed by atoms with Crippen LogP contribution in [0, 0.1) is 5.41 Å². The second kappa shape index (κ2) is 11.7. The number of hydrogen-bond donors (Lipinski definition) is 2. The van der Waals surface area contributed by atoms with Crippen molar-refractivity contribution in [3.05, 3.63) is 78.2 Å². The predicted molar refractivity (Wildman–Crippen MR) is 143 cm³/mol. The van der Waals surface area contributed by atoms with Gasteiger partial charge in [-0.2, -0.15) is 0 Å². The highest BCUT2D eigenvalue weighted by Crippen LogP contribution is 2.34. The number of alkyl halides is 1. The third-order valence-corrected chi connectivity index (χ3v) is 5.61. The monoisotopic (exact) mass is 494 g/mol. The Morgan fingerprint density at radius 3 is 2.17 bits per heavy atom. The molecule has 0 radical (unpaired) electrons. The molecule has 6 nitrogen and oxygen atoms in total. The molecule has 0 unspecified atom stereocenters. The highest BCUT2D eigenvalue weighted by molar-refractivity contribution is 5.67. The zero-order chi connectivity index (χ0) is 26.3. The molecule has 0 fully saturated rings. The number of imidazole rings is 1. The minimum Gasteiger partial charge on any atom is -0.444 e. The van der Waals surface area contributed by atoms with Crippen molar-refractivity contribution in [1.82, 2.24) is 20.2 Å². The fraction of sp³-hybridized carbons (Fsp3) is 0.448. The summed E-state index contributed by atoms with van der Waals surface area (Å²) in [6.45, 7) is 12.2. The van der Waals surface area contributed by atoms with E-state index in [1.165, 1.54) is 0 Å². The van der Waals surface area contributed by atoms with Gasteiger partial charge in [0.05, 0.1) is 18.3 Å². The normalized spacial score (nSPS) is 13.8. The molecule has 0 aliphatic heterocycles. The summed E-state index contributed by atoms with van der Waals surface area (Å²) < 4.78 is 22.2. The summed E-state index contributed by atoms with van der Waals surface area (Å²) >= 11 is 0. The first kappa shape index (κ1) is 27.4. The van der Waals surface area contributed by atoms with E-state index >= 15 is 0 Å². The van der Waals surface area contributed by atoms with Gasteiger partial charge >= 0.3 is 6.09 Å². The lowest BCUT2D eigenvalue weighted by Gasteiger charge is -2.32. The number of amides is 1. The van der Waals surface area contributed by atoms with Crippen LogP contribution in [0.3, 0.4) is 0 Å².